The summed E-state index contributed by atoms with van der Waals surface area (Å²) in [5, 5.41) is 8.54. The SMILES string of the molecule is CCOC(=O)CCC(=O)N(CC)CC(=O)O. The number of carboxylic acids is 1. The molecule has 0 aromatic carbocycles. The minimum Gasteiger partial charge on any atom is -0.480 e. The number of ether oxygens (including phenoxy) is 1. The van der Waals surface area contributed by atoms with Crippen LogP contribution in [0.1, 0.15) is 26.7 Å². The van der Waals surface area contributed by atoms with E-state index in [-0.39, 0.29) is 31.9 Å². The van der Waals surface area contributed by atoms with Crippen molar-refractivity contribution in [3.05, 3.63) is 0 Å². The second-order valence-electron chi connectivity index (χ2n) is 3.11. The van der Waals surface area contributed by atoms with Crippen molar-refractivity contribution in [1.29, 1.82) is 0 Å². The molecular weight excluding hydrogens is 214 g/mol. The molecule has 6 heteroatoms. The van der Waals surface area contributed by atoms with Crippen molar-refractivity contribution < 1.29 is 24.2 Å². The number of carbonyl (C=O) groups is 3. The summed E-state index contributed by atoms with van der Waals surface area (Å²) in [5.41, 5.74) is 0. The second kappa shape index (κ2) is 7.67. The average molecular weight is 231 g/mol. The summed E-state index contributed by atoms with van der Waals surface area (Å²) in [6.45, 7) is 3.62. The third-order valence-corrected chi connectivity index (χ3v) is 1.91. The number of amides is 1. The molecule has 0 aliphatic rings. The molecule has 0 saturated carbocycles. The van der Waals surface area contributed by atoms with Gasteiger partial charge in [-0.15, -0.1) is 0 Å². The molecule has 0 rings (SSSR count). The summed E-state index contributed by atoms with van der Waals surface area (Å²) in [5.74, 6) is -1.86. The van der Waals surface area contributed by atoms with E-state index in [0.717, 1.165) is 0 Å². The molecule has 0 aromatic heterocycles. The molecule has 0 aliphatic heterocycles. The fourth-order valence-corrected chi connectivity index (χ4v) is 1.14. The van der Waals surface area contributed by atoms with E-state index in [9.17, 15) is 14.4 Å². The van der Waals surface area contributed by atoms with Gasteiger partial charge in [-0.1, -0.05) is 0 Å². The second-order valence-corrected chi connectivity index (χ2v) is 3.11. The number of carbonyl (C=O) groups excluding carboxylic acids is 2. The molecule has 0 radical (unpaired) electrons. The molecule has 6 nitrogen and oxygen atoms in total. The third-order valence-electron chi connectivity index (χ3n) is 1.91. The Hall–Kier alpha value is -1.59. The number of likely N-dealkylation sites (N-methyl/N-ethyl adjacent to an activating group) is 1. The van der Waals surface area contributed by atoms with Gasteiger partial charge >= 0.3 is 11.9 Å². The van der Waals surface area contributed by atoms with Crippen LogP contribution in [0.4, 0.5) is 0 Å². The Labute approximate surface area is 94.2 Å². The highest BCUT2D eigenvalue weighted by Gasteiger charge is 2.16. The summed E-state index contributed by atoms with van der Waals surface area (Å²) in [6, 6.07) is 0. The van der Waals surface area contributed by atoms with E-state index in [4.69, 9.17) is 5.11 Å². The maximum Gasteiger partial charge on any atom is 0.323 e. The molecule has 0 unspecified atom stereocenters. The third kappa shape index (κ3) is 6.00. The zero-order valence-electron chi connectivity index (χ0n) is 9.56. The van der Waals surface area contributed by atoms with Crippen LogP contribution in [0.25, 0.3) is 0 Å². The number of hydrogen-bond acceptors (Lipinski definition) is 4. The van der Waals surface area contributed by atoms with Crippen molar-refractivity contribution >= 4 is 17.8 Å². The first-order valence-electron chi connectivity index (χ1n) is 5.16. The Balaban J connectivity index is 4.02. The van der Waals surface area contributed by atoms with E-state index in [1.165, 1.54) is 4.90 Å². The average Bonchev–Trinajstić information content (AvgIpc) is 2.22. The zero-order valence-corrected chi connectivity index (χ0v) is 9.56. The first-order valence-corrected chi connectivity index (χ1v) is 5.16. The van der Waals surface area contributed by atoms with E-state index in [1.54, 1.807) is 13.8 Å². The molecule has 0 fully saturated rings. The van der Waals surface area contributed by atoms with Crippen molar-refractivity contribution in [2.45, 2.75) is 26.7 Å². The number of nitrogens with zero attached hydrogens (tertiary/aromatic N) is 1. The number of aliphatic carboxylic acids is 1. The Kier molecular flexibility index (Phi) is 6.91. The molecule has 16 heavy (non-hydrogen) atoms. The summed E-state index contributed by atoms with van der Waals surface area (Å²) in [6.07, 6.45) is -0.0251. The van der Waals surface area contributed by atoms with E-state index in [1.807, 2.05) is 0 Å². The van der Waals surface area contributed by atoms with Crippen molar-refractivity contribution in [2.24, 2.45) is 0 Å². The summed E-state index contributed by atoms with van der Waals surface area (Å²) < 4.78 is 4.66. The van der Waals surface area contributed by atoms with Gasteiger partial charge in [-0.3, -0.25) is 14.4 Å². The number of carboxylic acid groups (broad SMARTS) is 1. The zero-order chi connectivity index (χ0) is 12.6. The highest BCUT2D eigenvalue weighted by Crippen LogP contribution is 1.99. The van der Waals surface area contributed by atoms with Crippen LogP contribution >= 0.6 is 0 Å². The van der Waals surface area contributed by atoms with Gasteiger partial charge in [-0.05, 0) is 13.8 Å². The smallest absolute Gasteiger partial charge is 0.323 e. The van der Waals surface area contributed by atoms with E-state index in [2.05, 4.69) is 4.74 Å². The summed E-state index contributed by atoms with van der Waals surface area (Å²) in [7, 11) is 0. The minimum atomic E-state index is -1.06. The first-order chi connectivity index (χ1) is 7.51. The van der Waals surface area contributed by atoms with Crippen LogP contribution in [-0.4, -0.2) is 47.5 Å². The normalized spacial score (nSPS) is 9.62. The lowest BCUT2D eigenvalue weighted by atomic mass is 10.2. The highest BCUT2D eigenvalue weighted by atomic mass is 16.5. The maximum atomic E-state index is 11.5. The van der Waals surface area contributed by atoms with E-state index >= 15 is 0 Å². The van der Waals surface area contributed by atoms with Crippen molar-refractivity contribution in [1.82, 2.24) is 4.90 Å². The predicted molar refractivity (Wildman–Crippen MR) is 55.8 cm³/mol. The molecule has 0 bridgehead atoms. The van der Waals surface area contributed by atoms with Gasteiger partial charge in [0, 0.05) is 13.0 Å². The molecular formula is C10H17NO5. The molecule has 0 heterocycles. The standard InChI is InChI=1S/C10H17NO5/c1-3-11(7-9(13)14)8(12)5-6-10(15)16-4-2/h3-7H2,1-2H3,(H,13,14). The Morgan fingerprint density at radius 1 is 1.19 bits per heavy atom. The Morgan fingerprint density at radius 2 is 1.81 bits per heavy atom. The van der Waals surface area contributed by atoms with Crippen LogP contribution in [0, 0.1) is 0 Å². The largest absolute Gasteiger partial charge is 0.480 e. The van der Waals surface area contributed by atoms with E-state index < -0.39 is 11.9 Å². The van der Waals surface area contributed by atoms with Crippen LogP contribution < -0.4 is 0 Å². The van der Waals surface area contributed by atoms with Crippen LogP contribution in [0.5, 0.6) is 0 Å². The first kappa shape index (κ1) is 14.4. The monoisotopic (exact) mass is 231 g/mol. The number of hydrogen-bond donors (Lipinski definition) is 1. The van der Waals surface area contributed by atoms with Gasteiger partial charge in [0.05, 0.1) is 13.0 Å². The number of rotatable bonds is 7. The summed E-state index contributed by atoms with van der Waals surface area (Å²) >= 11 is 0. The van der Waals surface area contributed by atoms with Crippen molar-refractivity contribution in [2.75, 3.05) is 19.7 Å². The van der Waals surface area contributed by atoms with Gasteiger partial charge in [0.25, 0.3) is 0 Å². The van der Waals surface area contributed by atoms with Crippen LogP contribution in [0.2, 0.25) is 0 Å². The molecule has 1 amide bonds. The Bertz CT molecular complexity index is 264. The molecule has 0 saturated heterocycles. The van der Waals surface area contributed by atoms with Gasteiger partial charge in [-0.2, -0.15) is 0 Å². The lowest BCUT2D eigenvalue weighted by molar-refractivity contribution is -0.147. The van der Waals surface area contributed by atoms with Gasteiger partial charge < -0.3 is 14.7 Å². The van der Waals surface area contributed by atoms with Crippen molar-refractivity contribution in [3.8, 4) is 0 Å². The fourth-order valence-electron chi connectivity index (χ4n) is 1.14. The van der Waals surface area contributed by atoms with Crippen LogP contribution in [0.3, 0.4) is 0 Å². The van der Waals surface area contributed by atoms with Gasteiger partial charge in [0.1, 0.15) is 6.54 Å². The molecule has 1 N–H and O–H groups in total. The molecule has 0 aliphatic carbocycles. The maximum absolute atomic E-state index is 11.5. The molecule has 0 spiro atoms. The lowest BCUT2D eigenvalue weighted by Gasteiger charge is -2.17. The topological polar surface area (TPSA) is 83.9 Å². The molecule has 92 valence electrons. The van der Waals surface area contributed by atoms with E-state index in [0.29, 0.717) is 6.54 Å². The summed E-state index contributed by atoms with van der Waals surface area (Å²) in [4.78, 5) is 34.1. The van der Waals surface area contributed by atoms with Gasteiger partial charge in [0.2, 0.25) is 5.91 Å². The Morgan fingerprint density at radius 3 is 2.25 bits per heavy atom. The minimum absolute atomic E-state index is 0.0111. The fraction of sp³-hybridized carbons (Fsp3) is 0.700. The van der Waals surface area contributed by atoms with Crippen LogP contribution in [0.15, 0.2) is 0 Å². The molecule has 0 aromatic rings. The van der Waals surface area contributed by atoms with Gasteiger partial charge in [-0.25, -0.2) is 0 Å². The lowest BCUT2D eigenvalue weighted by Crippen LogP contribution is -2.35. The van der Waals surface area contributed by atoms with Crippen molar-refractivity contribution in [3.63, 3.8) is 0 Å². The molecule has 0 atom stereocenters. The number of esters is 1. The van der Waals surface area contributed by atoms with Gasteiger partial charge in [0.15, 0.2) is 0 Å². The van der Waals surface area contributed by atoms with Crippen LogP contribution in [-0.2, 0) is 19.1 Å². The highest BCUT2D eigenvalue weighted by molar-refractivity contribution is 5.84. The predicted octanol–water partition coefficient (Wildman–Crippen LogP) is 0.263. The quantitative estimate of drug-likeness (QED) is 0.635.